The van der Waals surface area contributed by atoms with Gasteiger partial charge in [0.25, 0.3) is 5.91 Å². The molecular weight excluding hydrogens is 256 g/mol. The van der Waals surface area contributed by atoms with E-state index in [1.165, 1.54) is 6.20 Å². The van der Waals surface area contributed by atoms with Gasteiger partial charge in [-0.1, -0.05) is 11.6 Å². The van der Waals surface area contributed by atoms with Gasteiger partial charge in [0.15, 0.2) is 0 Å². The Morgan fingerprint density at radius 3 is 2.72 bits per heavy atom. The van der Waals surface area contributed by atoms with Gasteiger partial charge in [-0.25, -0.2) is 4.98 Å². The minimum atomic E-state index is -0.331. The largest absolute Gasteiger partial charge is 0.373 e. The summed E-state index contributed by atoms with van der Waals surface area (Å²) in [5.74, 6) is 0.0886. The highest BCUT2D eigenvalue weighted by Gasteiger charge is 2.11. The molecule has 0 aromatic carbocycles. The van der Waals surface area contributed by atoms with Crippen molar-refractivity contribution in [1.82, 2.24) is 15.6 Å². The molecule has 0 spiro atoms. The molecule has 1 rings (SSSR count). The Labute approximate surface area is 110 Å². The molecule has 1 heterocycles. The number of nitrogens with one attached hydrogen (secondary N) is 3. The molecule has 0 aliphatic heterocycles. The zero-order chi connectivity index (χ0) is 13.5. The Balaban J connectivity index is 2.63. The Bertz CT molecular complexity index is 451. The quantitative estimate of drug-likeness (QED) is 0.733. The van der Waals surface area contributed by atoms with Crippen LogP contribution in [0.1, 0.15) is 16.8 Å². The van der Waals surface area contributed by atoms with E-state index in [4.69, 9.17) is 11.6 Å². The van der Waals surface area contributed by atoms with Gasteiger partial charge >= 0.3 is 0 Å². The van der Waals surface area contributed by atoms with Gasteiger partial charge in [0, 0.05) is 33.3 Å². The first kappa shape index (κ1) is 14.2. The van der Waals surface area contributed by atoms with Crippen molar-refractivity contribution in [3.05, 3.63) is 22.8 Å². The SMILES string of the molecule is CNC(=O)CCNC(=O)c1cc(NC)ncc1Cl. The maximum absolute atomic E-state index is 11.8. The van der Waals surface area contributed by atoms with Crippen molar-refractivity contribution < 1.29 is 9.59 Å². The molecule has 6 nitrogen and oxygen atoms in total. The number of hydrogen-bond donors (Lipinski definition) is 3. The third kappa shape index (κ3) is 3.89. The number of hydrogen-bond acceptors (Lipinski definition) is 4. The highest BCUT2D eigenvalue weighted by molar-refractivity contribution is 6.33. The standard InChI is InChI=1S/C11H15ClN4O2/c1-13-9-5-7(8(12)6-16-9)11(18)15-4-3-10(17)14-2/h5-6H,3-4H2,1-2H3,(H,13,16)(H,14,17)(H,15,18). The molecule has 0 fully saturated rings. The number of carbonyl (C=O) groups is 2. The minimum absolute atomic E-state index is 0.132. The van der Waals surface area contributed by atoms with E-state index in [0.29, 0.717) is 11.4 Å². The van der Waals surface area contributed by atoms with Crippen molar-refractivity contribution in [3.8, 4) is 0 Å². The van der Waals surface area contributed by atoms with Crippen LogP contribution in [0.15, 0.2) is 12.3 Å². The van der Waals surface area contributed by atoms with Gasteiger partial charge in [0.2, 0.25) is 5.91 Å². The van der Waals surface area contributed by atoms with E-state index in [1.54, 1.807) is 20.2 Å². The highest BCUT2D eigenvalue weighted by atomic mass is 35.5. The summed E-state index contributed by atoms with van der Waals surface area (Å²) in [7, 11) is 3.24. The van der Waals surface area contributed by atoms with Crippen molar-refractivity contribution in [2.75, 3.05) is 26.0 Å². The first-order valence-electron chi connectivity index (χ1n) is 5.40. The van der Waals surface area contributed by atoms with Crippen molar-refractivity contribution in [2.24, 2.45) is 0 Å². The average Bonchev–Trinajstić information content (AvgIpc) is 2.38. The fraction of sp³-hybridized carbons (Fsp3) is 0.364. The van der Waals surface area contributed by atoms with Gasteiger partial charge < -0.3 is 16.0 Å². The van der Waals surface area contributed by atoms with Crippen LogP contribution < -0.4 is 16.0 Å². The molecule has 0 saturated heterocycles. The molecule has 18 heavy (non-hydrogen) atoms. The van der Waals surface area contributed by atoms with Crippen molar-refractivity contribution >= 4 is 29.2 Å². The fourth-order valence-electron chi connectivity index (χ4n) is 1.26. The number of nitrogens with zero attached hydrogens (tertiary/aromatic N) is 1. The van der Waals surface area contributed by atoms with E-state index in [2.05, 4.69) is 20.9 Å². The van der Waals surface area contributed by atoms with Crippen LogP contribution in [0.3, 0.4) is 0 Å². The number of rotatable bonds is 5. The van der Waals surface area contributed by atoms with Crippen LogP contribution in [0.4, 0.5) is 5.82 Å². The molecule has 0 radical (unpaired) electrons. The molecule has 98 valence electrons. The molecule has 0 aliphatic carbocycles. The van der Waals surface area contributed by atoms with Gasteiger partial charge in [-0.05, 0) is 6.07 Å². The Morgan fingerprint density at radius 1 is 1.39 bits per heavy atom. The summed E-state index contributed by atoms with van der Waals surface area (Å²) >= 11 is 5.89. The van der Waals surface area contributed by atoms with E-state index in [-0.39, 0.29) is 29.8 Å². The van der Waals surface area contributed by atoms with Gasteiger partial charge in [-0.3, -0.25) is 9.59 Å². The van der Waals surface area contributed by atoms with E-state index in [9.17, 15) is 9.59 Å². The van der Waals surface area contributed by atoms with Crippen molar-refractivity contribution in [3.63, 3.8) is 0 Å². The molecule has 0 aliphatic rings. The number of anilines is 1. The predicted octanol–water partition coefficient (Wildman–Crippen LogP) is 0.643. The molecule has 0 bridgehead atoms. The van der Waals surface area contributed by atoms with Crippen molar-refractivity contribution in [2.45, 2.75) is 6.42 Å². The van der Waals surface area contributed by atoms with E-state index < -0.39 is 0 Å². The van der Waals surface area contributed by atoms with Crippen LogP contribution in [0.2, 0.25) is 5.02 Å². The first-order valence-corrected chi connectivity index (χ1v) is 5.78. The third-order valence-electron chi connectivity index (χ3n) is 2.27. The van der Waals surface area contributed by atoms with Crippen molar-refractivity contribution in [1.29, 1.82) is 0 Å². The van der Waals surface area contributed by atoms with Crippen LogP contribution in [0.5, 0.6) is 0 Å². The number of aromatic nitrogens is 1. The Hall–Kier alpha value is -1.82. The van der Waals surface area contributed by atoms with Crippen LogP contribution >= 0.6 is 11.6 Å². The zero-order valence-electron chi connectivity index (χ0n) is 10.2. The summed E-state index contributed by atoms with van der Waals surface area (Å²) in [5.41, 5.74) is 0.327. The van der Waals surface area contributed by atoms with Crippen LogP contribution in [0.25, 0.3) is 0 Å². The number of halogens is 1. The van der Waals surface area contributed by atoms with Gasteiger partial charge in [-0.2, -0.15) is 0 Å². The normalized spacial score (nSPS) is 9.72. The molecule has 0 unspecified atom stereocenters. The number of pyridine rings is 1. The van der Waals surface area contributed by atoms with Gasteiger partial charge in [0.05, 0.1) is 10.6 Å². The van der Waals surface area contributed by atoms with Gasteiger partial charge in [0.1, 0.15) is 5.82 Å². The van der Waals surface area contributed by atoms with Crippen LogP contribution in [-0.2, 0) is 4.79 Å². The predicted molar refractivity (Wildman–Crippen MR) is 69.8 cm³/mol. The lowest BCUT2D eigenvalue weighted by Gasteiger charge is -2.07. The second kappa shape index (κ2) is 6.80. The highest BCUT2D eigenvalue weighted by Crippen LogP contribution is 2.17. The Kier molecular flexibility index (Phi) is 5.38. The summed E-state index contributed by atoms with van der Waals surface area (Å²) in [6, 6.07) is 1.55. The Morgan fingerprint density at radius 2 is 2.11 bits per heavy atom. The topological polar surface area (TPSA) is 83.1 Å². The lowest BCUT2D eigenvalue weighted by Crippen LogP contribution is -2.29. The maximum Gasteiger partial charge on any atom is 0.253 e. The fourth-order valence-corrected chi connectivity index (χ4v) is 1.45. The molecule has 0 atom stereocenters. The summed E-state index contributed by atoms with van der Waals surface area (Å²) in [4.78, 5) is 26.8. The molecule has 7 heteroatoms. The maximum atomic E-state index is 11.8. The minimum Gasteiger partial charge on any atom is -0.373 e. The third-order valence-corrected chi connectivity index (χ3v) is 2.57. The molecule has 1 aromatic rings. The molecule has 2 amide bonds. The lowest BCUT2D eigenvalue weighted by atomic mass is 10.2. The van der Waals surface area contributed by atoms with Crippen LogP contribution in [0, 0.1) is 0 Å². The summed E-state index contributed by atoms with van der Waals surface area (Å²) in [5, 5.41) is 8.18. The molecule has 0 saturated carbocycles. The van der Waals surface area contributed by atoms with E-state index in [0.717, 1.165) is 0 Å². The monoisotopic (exact) mass is 270 g/mol. The van der Waals surface area contributed by atoms with E-state index in [1.807, 2.05) is 0 Å². The smallest absolute Gasteiger partial charge is 0.253 e. The number of carbonyl (C=O) groups excluding carboxylic acids is 2. The second-order valence-corrected chi connectivity index (χ2v) is 3.89. The summed E-state index contributed by atoms with van der Waals surface area (Å²) in [6.45, 7) is 0.256. The lowest BCUT2D eigenvalue weighted by molar-refractivity contribution is -0.120. The summed E-state index contributed by atoms with van der Waals surface area (Å²) in [6.07, 6.45) is 1.63. The number of amides is 2. The van der Waals surface area contributed by atoms with E-state index >= 15 is 0 Å². The molecule has 3 N–H and O–H groups in total. The summed E-state index contributed by atoms with van der Waals surface area (Å²) < 4.78 is 0. The molecule has 1 aromatic heterocycles. The van der Waals surface area contributed by atoms with Gasteiger partial charge in [-0.15, -0.1) is 0 Å². The zero-order valence-corrected chi connectivity index (χ0v) is 11.0. The molecular formula is C11H15ClN4O2. The second-order valence-electron chi connectivity index (χ2n) is 3.48. The van der Waals surface area contributed by atoms with Crippen LogP contribution in [-0.4, -0.2) is 37.4 Å². The first-order chi connectivity index (χ1) is 8.58. The average molecular weight is 271 g/mol.